The summed E-state index contributed by atoms with van der Waals surface area (Å²) in [5.74, 6) is 0.158. The number of hydroxylamine groups is 1. The molecule has 2 saturated heterocycles. The van der Waals surface area contributed by atoms with Crippen LogP contribution in [-0.2, 0) is 25.7 Å². The summed E-state index contributed by atoms with van der Waals surface area (Å²) in [5.41, 5.74) is 4.99. The highest BCUT2D eigenvalue weighted by molar-refractivity contribution is 5.90. The summed E-state index contributed by atoms with van der Waals surface area (Å²) < 4.78 is 13.0. The van der Waals surface area contributed by atoms with E-state index in [9.17, 15) is 14.7 Å². The predicted molar refractivity (Wildman–Crippen MR) is 163 cm³/mol. The Bertz CT molecular complexity index is 1340. The van der Waals surface area contributed by atoms with Crippen LogP contribution in [0.3, 0.4) is 0 Å². The molecule has 0 radical (unpaired) electrons. The van der Waals surface area contributed by atoms with Crippen LogP contribution in [0.15, 0.2) is 67.0 Å². The van der Waals surface area contributed by atoms with Crippen molar-refractivity contribution in [1.29, 1.82) is 0 Å². The van der Waals surface area contributed by atoms with E-state index in [1.54, 1.807) is 17.9 Å². The van der Waals surface area contributed by atoms with Gasteiger partial charge < -0.3 is 24.8 Å². The average molecular weight is 605 g/mol. The SMILES string of the molecule is O=C(CCCCC(=O)Nc1ccc([C@@H]2O[C@H](CN3CCN(c4ncccn4)CC3)C[C@H](c3ccc(CO)cc3)O2)cc1)NO. The number of carbonyl (C=O) groups is 2. The Kier molecular flexibility index (Phi) is 11.2. The zero-order valence-corrected chi connectivity index (χ0v) is 24.7. The number of nitrogens with zero attached hydrogens (tertiary/aromatic N) is 4. The van der Waals surface area contributed by atoms with Gasteiger partial charge in [-0.3, -0.25) is 19.7 Å². The highest BCUT2D eigenvalue weighted by Gasteiger charge is 2.34. The van der Waals surface area contributed by atoms with Gasteiger partial charge in [-0.15, -0.1) is 0 Å². The van der Waals surface area contributed by atoms with E-state index in [2.05, 4.69) is 25.1 Å². The molecular weight excluding hydrogens is 564 g/mol. The van der Waals surface area contributed by atoms with Crippen LogP contribution in [0.2, 0.25) is 0 Å². The van der Waals surface area contributed by atoms with Crippen molar-refractivity contribution in [2.45, 2.75) is 57.2 Å². The van der Waals surface area contributed by atoms with E-state index in [-0.39, 0.29) is 37.6 Å². The fraction of sp³-hybridized carbons (Fsp3) is 0.438. The van der Waals surface area contributed by atoms with Gasteiger partial charge >= 0.3 is 0 Å². The second kappa shape index (κ2) is 15.7. The molecule has 4 N–H and O–H groups in total. The lowest BCUT2D eigenvalue weighted by molar-refractivity contribution is -0.253. The van der Waals surface area contributed by atoms with E-state index in [0.717, 1.165) is 55.4 Å². The summed E-state index contributed by atoms with van der Waals surface area (Å²) in [6, 6.07) is 17.1. The van der Waals surface area contributed by atoms with Crippen LogP contribution in [0, 0.1) is 0 Å². The number of carbonyl (C=O) groups excluding carboxylic acids is 2. The van der Waals surface area contributed by atoms with Crippen molar-refractivity contribution in [2.24, 2.45) is 0 Å². The van der Waals surface area contributed by atoms with Gasteiger partial charge in [-0.2, -0.15) is 0 Å². The van der Waals surface area contributed by atoms with Gasteiger partial charge in [0.15, 0.2) is 6.29 Å². The lowest BCUT2D eigenvalue weighted by Gasteiger charge is -2.40. The summed E-state index contributed by atoms with van der Waals surface area (Å²) in [6.45, 7) is 4.19. The Morgan fingerprint density at radius 1 is 0.864 bits per heavy atom. The number of unbranched alkanes of at least 4 members (excludes halogenated alkanes) is 1. The second-order valence-corrected chi connectivity index (χ2v) is 11.1. The molecule has 3 heterocycles. The van der Waals surface area contributed by atoms with Crippen molar-refractivity contribution in [1.82, 2.24) is 20.3 Å². The summed E-state index contributed by atoms with van der Waals surface area (Å²) in [7, 11) is 0. The van der Waals surface area contributed by atoms with Gasteiger partial charge in [-0.05, 0) is 42.2 Å². The Balaban J connectivity index is 1.20. The van der Waals surface area contributed by atoms with Gasteiger partial charge in [-0.1, -0.05) is 36.4 Å². The molecule has 44 heavy (non-hydrogen) atoms. The molecule has 0 aliphatic carbocycles. The minimum absolute atomic E-state index is 0.01000. The molecule has 2 amide bonds. The van der Waals surface area contributed by atoms with E-state index < -0.39 is 12.2 Å². The monoisotopic (exact) mass is 604 g/mol. The van der Waals surface area contributed by atoms with Crippen LogP contribution < -0.4 is 15.7 Å². The molecule has 12 nitrogen and oxygen atoms in total. The third-order valence-electron chi connectivity index (χ3n) is 7.93. The molecule has 0 bridgehead atoms. The maximum Gasteiger partial charge on any atom is 0.243 e. The highest BCUT2D eigenvalue weighted by Crippen LogP contribution is 2.38. The van der Waals surface area contributed by atoms with Crippen LogP contribution in [0.4, 0.5) is 11.6 Å². The number of piperazine rings is 1. The Labute approximate surface area is 257 Å². The Morgan fingerprint density at radius 3 is 2.18 bits per heavy atom. The molecule has 3 aromatic rings. The number of nitrogens with one attached hydrogen (secondary N) is 2. The van der Waals surface area contributed by atoms with Crippen molar-refractivity contribution >= 4 is 23.5 Å². The maximum absolute atomic E-state index is 12.4. The third kappa shape index (κ3) is 8.80. The zero-order valence-electron chi connectivity index (χ0n) is 24.7. The molecule has 0 spiro atoms. The fourth-order valence-electron chi connectivity index (χ4n) is 5.48. The molecule has 3 atom stereocenters. The van der Waals surface area contributed by atoms with Crippen LogP contribution >= 0.6 is 0 Å². The maximum atomic E-state index is 12.4. The summed E-state index contributed by atoms with van der Waals surface area (Å²) in [4.78, 5) is 36.8. The van der Waals surface area contributed by atoms with Gasteiger partial charge in [0.1, 0.15) is 0 Å². The lowest BCUT2D eigenvalue weighted by atomic mass is 9.99. The van der Waals surface area contributed by atoms with Gasteiger partial charge in [0.05, 0.1) is 18.8 Å². The minimum atomic E-state index is -0.585. The van der Waals surface area contributed by atoms with E-state index in [1.165, 1.54) is 0 Å². The third-order valence-corrected chi connectivity index (χ3v) is 7.93. The first-order valence-electron chi connectivity index (χ1n) is 15.1. The number of hydrogen-bond acceptors (Lipinski definition) is 10. The molecule has 0 unspecified atom stereocenters. The fourth-order valence-corrected chi connectivity index (χ4v) is 5.48. The van der Waals surface area contributed by atoms with Crippen LogP contribution in [0.5, 0.6) is 0 Å². The van der Waals surface area contributed by atoms with Crippen molar-refractivity contribution in [3.8, 4) is 0 Å². The second-order valence-electron chi connectivity index (χ2n) is 11.1. The molecular formula is C32H40N6O6. The van der Waals surface area contributed by atoms with Crippen LogP contribution in [0.1, 0.15) is 61.2 Å². The summed E-state index contributed by atoms with van der Waals surface area (Å²) >= 11 is 0. The smallest absolute Gasteiger partial charge is 0.243 e. The highest BCUT2D eigenvalue weighted by atomic mass is 16.7. The van der Waals surface area contributed by atoms with Crippen LogP contribution in [-0.4, -0.2) is 75.8 Å². The number of hydrogen-bond donors (Lipinski definition) is 4. The van der Waals surface area contributed by atoms with Crippen molar-refractivity contribution < 1.29 is 29.4 Å². The molecule has 2 aliphatic heterocycles. The van der Waals surface area contributed by atoms with Crippen molar-refractivity contribution in [3.05, 3.63) is 83.7 Å². The van der Waals surface area contributed by atoms with E-state index in [0.29, 0.717) is 24.9 Å². The molecule has 2 fully saturated rings. The average Bonchev–Trinajstić information content (AvgIpc) is 3.07. The van der Waals surface area contributed by atoms with E-state index >= 15 is 0 Å². The molecule has 1 aromatic heterocycles. The molecule has 12 heteroatoms. The molecule has 5 rings (SSSR count). The van der Waals surface area contributed by atoms with Gasteiger partial charge in [-0.25, -0.2) is 15.4 Å². The number of aromatic nitrogens is 2. The van der Waals surface area contributed by atoms with Gasteiger partial charge in [0.2, 0.25) is 17.8 Å². The molecule has 2 aliphatic rings. The van der Waals surface area contributed by atoms with Gasteiger partial charge in [0.25, 0.3) is 0 Å². The number of anilines is 2. The van der Waals surface area contributed by atoms with Crippen LogP contribution in [0.25, 0.3) is 0 Å². The first-order valence-corrected chi connectivity index (χ1v) is 15.1. The molecule has 234 valence electrons. The Hall–Kier alpha value is -3.94. The number of benzene rings is 2. The number of ether oxygens (including phenoxy) is 2. The largest absolute Gasteiger partial charge is 0.392 e. The van der Waals surface area contributed by atoms with E-state index in [4.69, 9.17) is 14.7 Å². The van der Waals surface area contributed by atoms with Crippen molar-refractivity contribution in [3.63, 3.8) is 0 Å². The number of amides is 2. The summed E-state index contributed by atoms with van der Waals surface area (Å²) in [5, 5.41) is 20.9. The minimum Gasteiger partial charge on any atom is -0.392 e. The van der Waals surface area contributed by atoms with E-state index in [1.807, 2.05) is 54.6 Å². The first kappa shape index (κ1) is 31.5. The van der Waals surface area contributed by atoms with Gasteiger partial charge in [0, 0.05) is 75.6 Å². The summed E-state index contributed by atoms with van der Waals surface area (Å²) in [6.07, 6.45) is 4.90. The molecule has 0 saturated carbocycles. The lowest BCUT2D eigenvalue weighted by Crippen LogP contribution is -2.50. The van der Waals surface area contributed by atoms with Crippen molar-refractivity contribution in [2.75, 3.05) is 42.9 Å². The Morgan fingerprint density at radius 2 is 1.52 bits per heavy atom. The zero-order chi connectivity index (χ0) is 30.7. The quantitative estimate of drug-likeness (QED) is 0.138. The first-order chi connectivity index (χ1) is 21.5. The number of aliphatic hydroxyl groups excluding tert-OH is 1. The standard InChI is InChI=1S/C32H40N6O6/c39-22-23-6-8-24(9-7-23)28-20-27(21-37-16-18-38(19-17-37)32-33-14-3-15-34-32)43-31(44-28)25-10-12-26(13-11-25)35-29(40)4-1-2-5-30(41)36-42/h3,6-15,27-28,31,39,42H,1-2,4-5,16-22H2,(H,35,40)(H,36,41)/t27-,28+,31+/m0/s1. The predicted octanol–water partition coefficient (Wildman–Crippen LogP) is 3.34. The normalized spacial score (nSPS) is 20.7. The number of aliphatic hydroxyl groups is 1. The topological polar surface area (TPSA) is 149 Å². The molecule has 2 aromatic carbocycles. The number of rotatable bonds is 12.